The van der Waals surface area contributed by atoms with Crippen molar-refractivity contribution in [3.63, 3.8) is 0 Å². The van der Waals surface area contributed by atoms with Gasteiger partial charge in [0.2, 0.25) is 5.75 Å². The number of anilines is 2. The maximum atomic E-state index is 12.7. The fraction of sp³-hybridized carbons (Fsp3) is 0.263. The Kier molecular flexibility index (Phi) is 6.87. The van der Waals surface area contributed by atoms with E-state index < -0.39 is 12.0 Å². The van der Waals surface area contributed by atoms with Crippen molar-refractivity contribution < 1.29 is 28.5 Å². The van der Waals surface area contributed by atoms with E-state index in [-0.39, 0.29) is 6.61 Å². The average Bonchev–Trinajstić information content (AvgIpc) is 2.68. The molecule has 0 unspecified atom stereocenters. The quantitative estimate of drug-likeness (QED) is 0.770. The number of hydrogen-bond donors (Lipinski definition) is 2. The van der Waals surface area contributed by atoms with Gasteiger partial charge in [-0.15, -0.1) is 0 Å². The Morgan fingerprint density at radius 3 is 1.93 bits per heavy atom. The summed E-state index contributed by atoms with van der Waals surface area (Å²) in [5.41, 5.74) is 1.14. The molecule has 8 heteroatoms. The lowest BCUT2D eigenvalue weighted by molar-refractivity contribution is 0.102. The van der Waals surface area contributed by atoms with Crippen LogP contribution in [0.3, 0.4) is 0 Å². The molecule has 0 spiro atoms. The minimum Gasteiger partial charge on any atom is -0.493 e. The van der Waals surface area contributed by atoms with Gasteiger partial charge in [-0.1, -0.05) is 12.1 Å². The summed E-state index contributed by atoms with van der Waals surface area (Å²) in [6.07, 6.45) is -0.605. The lowest BCUT2D eigenvalue weighted by Gasteiger charge is -2.15. The van der Waals surface area contributed by atoms with Crippen molar-refractivity contribution >= 4 is 23.4 Å². The second-order valence-electron chi connectivity index (χ2n) is 5.26. The van der Waals surface area contributed by atoms with Gasteiger partial charge in [0.25, 0.3) is 5.91 Å². The number of carbonyl (C=O) groups excluding carboxylic acids is 2. The van der Waals surface area contributed by atoms with Gasteiger partial charge in [0, 0.05) is 5.56 Å². The summed E-state index contributed by atoms with van der Waals surface area (Å²) in [4.78, 5) is 24.4. The Hall–Kier alpha value is -3.42. The summed E-state index contributed by atoms with van der Waals surface area (Å²) >= 11 is 0. The first-order valence-corrected chi connectivity index (χ1v) is 8.18. The van der Waals surface area contributed by atoms with Gasteiger partial charge in [-0.05, 0) is 31.2 Å². The van der Waals surface area contributed by atoms with E-state index in [1.807, 2.05) is 0 Å². The zero-order valence-electron chi connectivity index (χ0n) is 15.6. The lowest BCUT2D eigenvalue weighted by atomic mass is 10.1. The molecule has 0 aliphatic carbocycles. The highest BCUT2D eigenvalue weighted by Crippen LogP contribution is 2.38. The van der Waals surface area contributed by atoms with E-state index in [1.165, 1.54) is 33.5 Å². The zero-order valence-corrected chi connectivity index (χ0v) is 15.6. The molecule has 0 bridgehead atoms. The normalized spacial score (nSPS) is 9.93. The fourth-order valence-electron chi connectivity index (χ4n) is 2.38. The van der Waals surface area contributed by atoms with E-state index in [4.69, 9.17) is 18.9 Å². The molecular weight excluding hydrogens is 352 g/mol. The lowest BCUT2D eigenvalue weighted by Crippen LogP contribution is -2.17. The summed E-state index contributed by atoms with van der Waals surface area (Å²) in [6.45, 7) is 1.95. The van der Waals surface area contributed by atoms with Crippen LogP contribution in [0.4, 0.5) is 16.2 Å². The molecule has 2 rings (SSSR count). The number of carbonyl (C=O) groups is 2. The first-order valence-electron chi connectivity index (χ1n) is 8.18. The second-order valence-corrected chi connectivity index (χ2v) is 5.26. The van der Waals surface area contributed by atoms with Crippen LogP contribution in [0.25, 0.3) is 0 Å². The number of amides is 2. The SMILES string of the molecule is CCOC(=O)Nc1ccccc1NC(=O)c1cc(OC)c(OC)c(OC)c1. The molecule has 0 fully saturated rings. The summed E-state index contributed by atoms with van der Waals surface area (Å²) < 4.78 is 20.6. The summed E-state index contributed by atoms with van der Waals surface area (Å²) in [7, 11) is 4.42. The number of ether oxygens (including phenoxy) is 4. The van der Waals surface area contributed by atoms with Crippen LogP contribution in [0, 0.1) is 0 Å². The Morgan fingerprint density at radius 2 is 1.44 bits per heavy atom. The van der Waals surface area contributed by atoms with Crippen LogP contribution in [0.5, 0.6) is 17.2 Å². The molecule has 0 heterocycles. The van der Waals surface area contributed by atoms with Gasteiger partial charge in [-0.25, -0.2) is 4.79 Å². The van der Waals surface area contributed by atoms with Crippen molar-refractivity contribution in [3.05, 3.63) is 42.0 Å². The largest absolute Gasteiger partial charge is 0.493 e. The molecule has 2 N–H and O–H groups in total. The van der Waals surface area contributed by atoms with Gasteiger partial charge >= 0.3 is 6.09 Å². The van der Waals surface area contributed by atoms with Gasteiger partial charge in [0.1, 0.15) is 0 Å². The van der Waals surface area contributed by atoms with Crippen molar-refractivity contribution in [1.82, 2.24) is 0 Å². The number of nitrogens with one attached hydrogen (secondary N) is 2. The molecule has 27 heavy (non-hydrogen) atoms. The first-order chi connectivity index (χ1) is 13.0. The van der Waals surface area contributed by atoms with Crippen molar-refractivity contribution in [2.24, 2.45) is 0 Å². The molecule has 0 aromatic heterocycles. The van der Waals surface area contributed by atoms with Crippen LogP contribution >= 0.6 is 0 Å². The minimum atomic E-state index is -0.605. The van der Waals surface area contributed by atoms with E-state index in [0.29, 0.717) is 34.2 Å². The van der Waals surface area contributed by atoms with Gasteiger partial charge in [-0.3, -0.25) is 10.1 Å². The van der Waals surface area contributed by atoms with E-state index in [2.05, 4.69) is 10.6 Å². The van der Waals surface area contributed by atoms with Crippen LogP contribution in [-0.2, 0) is 4.74 Å². The smallest absolute Gasteiger partial charge is 0.411 e. The Bertz CT molecular complexity index is 797. The van der Waals surface area contributed by atoms with Crippen LogP contribution in [0.15, 0.2) is 36.4 Å². The molecular formula is C19H22N2O6. The molecule has 8 nitrogen and oxygen atoms in total. The molecule has 0 aliphatic rings. The number of rotatable bonds is 7. The van der Waals surface area contributed by atoms with Crippen molar-refractivity contribution in [1.29, 1.82) is 0 Å². The maximum Gasteiger partial charge on any atom is 0.411 e. The molecule has 2 aromatic rings. The van der Waals surface area contributed by atoms with Crippen molar-refractivity contribution in [2.45, 2.75) is 6.92 Å². The molecule has 0 radical (unpaired) electrons. The van der Waals surface area contributed by atoms with E-state index in [1.54, 1.807) is 31.2 Å². The molecule has 0 saturated carbocycles. The molecule has 2 amide bonds. The molecule has 0 atom stereocenters. The average molecular weight is 374 g/mol. The van der Waals surface area contributed by atoms with Crippen molar-refractivity contribution in [2.75, 3.05) is 38.6 Å². The minimum absolute atomic E-state index is 0.242. The third-order valence-electron chi connectivity index (χ3n) is 3.61. The van der Waals surface area contributed by atoms with Crippen molar-refractivity contribution in [3.8, 4) is 17.2 Å². The topological polar surface area (TPSA) is 95.1 Å². The van der Waals surface area contributed by atoms with E-state index in [0.717, 1.165) is 0 Å². The highest BCUT2D eigenvalue weighted by molar-refractivity contribution is 6.07. The van der Waals surface area contributed by atoms with E-state index in [9.17, 15) is 9.59 Å². The Labute approximate surface area is 157 Å². The van der Waals surface area contributed by atoms with Crippen LogP contribution in [0.2, 0.25) is 0 Å². The Balaban J connectivity index is 2.29. The number of para-hydroxylation sites is 2. The summed E-state index contributed by atoms with van der Waals surface area (Å²) in [5, 5.41) is 5.34. The molecule has 2 aromatic carbocycles. The monoisotopic (exact) mass is 374 g/mol. The van der Waals surface area contributed by atoms with Crippen LogP contribution < -0.4 is 24.8 Å². The predicted molar refractivity (Wildman–Crippen MR) is 101 cm³/mol. The van der Waals surface area contributed by atoms with Gasteiger partial charge in [0.15, 0.2) is 11.5 Å². The highest BCUT2D eigenvalue weighted by atomic mass is 16.5. The van der Waals surface area contributed by atoms with Gasteiger partial charge < -0.3 is 24.3 Å². The molecule has 0 aliphatic heterocycles. The second kappa shape index (κ2) is 9.33. The van der Waals surface area contributed by atoms with Gasteiger partial charge in [0.05, 0.1) is 39.3 Å². The summed E-state index contributed by atoms with van der Waals surface area (Å²) in [6, 6.07) is 9.87. The fourth-order valence-corrected chi connectivity index (χ4v) is 2.38. The number of methoxy groups -OCH3 is 3. The number of hydrogen-bond acceptors (Lipinski definition) is 6. The third kappa shape index (κ3) is 4.81. The number of benzene rings is 2. The van der Waals surface area contributed by atoms with Gasteiger partial charge in [-0.2, -0.15) is 0 Å². The molecule has 144 valence electrons. The first kappa shape index (κ1) is 19.9. The maximum absolute atomic E-state index is 12.7. The third-order valence-corrected chi connectivity index (χ3v) is 3.61. The van der Waals surface area contributed by atoms with Crippen LogP contribution in [-0.4, -0.2) is 39.9 Å². The van der Waals surface area contributed by atoms with E-state index >= 15 is 0 Å². The molecule has 0 saturated heterocycles. The highest BCUT2D eigenvalue weighted by Gasteiger charge is 2.18. The predicted octanol–water partition coefficient (Wildman–Crippen LogP) is 3.53. The summed E-state index contributed by atoms with van der Waals surface area (Å²) in [5.74, 6) is 0.702. The standard InChI is InChI=1S/C19H22N2O6/c1-5-27-19(23)21-14-9-7-6-8-13(14)20-18(22)12-10-15(24-2)17(26-4)16(11-12)25-3/h6-11H,5H2,1-4H3,(H,20,22)(H,21,23). The Morgan fingerprint density at radius 1 is 0.889 bits per heavy atom. The van der Waals surface area contributed by atoms with Crippen LogP contribution in [0.1, 0.15) is 17.3 Å². The zero-order chi connectivity index (χ0) is 19.8.